The Morgan fingerprint density at radius 3 is 2.66 bits per heavy atom. The number of nitrogens with zero attached hydrogens (tertiary/aromatic N) is 1. The van der Waals surface area contributed by atoms with Gasteiger partial charge in [0.2, 0.25) is 0 Å². The zero-order chi connectivity index (χ0) is 20.5. The van der Waals surface area contributed by atoms with Crippen molar-refractivity contribution in [1.29, 1.82) is 0 Å². The molecule has 1 aliphatic heterocycles. The van der Waals surface area contributed by atoms with Crippen molar-refractivity contribution in [3.05, 3.63) is 40.3 Å². The number of phenols is 1. The number of para-hydroxylation sites is 2. The number of primary amides is 1. The number of hydrogen-bond acceptors (Lipinski definition) is 5. The Bertz CT molecular complexity index is 934. The van der Waals surface area contributed by atoms with Gasteiger partial charge in [-0.2, -0.15) is 0 Å². The molecule has 2 amide bonds. The van der Waals surface area contributed by atoms with Crippen molar-refractivity contribution in [2.45, 2.75) is 32.2 Å². The number of carbonyl (C=O) groups excluding carboxylic acids is 2. The number of anilines is 2. The number of hydrogen-bond donors (Lipinski definition) is 4. The van der Waals surface area contributed by atoms with Crippen LogP contribution < -0.4 is 20.9 Å². The lowest BCUT2D eigenvalue weighted by Gasteiger charge is -2.36. The first-order chi connectivity index (χ1) is 14.0. The number of fused-ring (bicyclic) bond motifs is 1. The first kappa shape index (κ1) is 19.7. The molecule has 0 saturated carbocycles. The van der Waals surface area contributed by atoms with Crippen molar-refractivity contribution in [3.8, 4) is 5.75 Å². The molecule has 4 rings (SSSR count). The Balaban J connectivity index is 1.40. The van der Waals surface area contributed by atoms with Gasteiger partial charge < -0.3 is 26.0 Å². The average molecular weight is 416 g/mol. The Hall–Kier alpha value is -2.58. The fraction of sp³-hybridized carbons (Fsp3) is 0.429. The minimum Gasteiger partial charge on any atom is -0.506 e. The van der Waals surface area contributed by atoms with Crippen LogP contribution in [-0.4, -0.2) is 49.1 Å². The van der Waals surface area contributed by atoms with Gasteiger partial charge in [0.15, 0.2) is 6.04 Å². The van der Waals surface area contributed by atoms with E-state index >= 15 is 0 Å². The second-order valence-corrected chi connectivity index (χ2v) is 8.88. The Morgan fingerprint density at radius 1 is 1.24 bits per heavy atom. The molecule has 8 heteroatoms. The lowest BCUT2D eigenvalue weighted by molar-refractivity contribution is -0.914. The average Bonchev–Trinajstić information content (AvgIpc) is 3.28. The summed E-state index contributed by atoms with van der Waals surface area (Å²) in [5.74, 6) is -0.263. The fourth-order valence-corrected chi connectivity index (χ4v) is 5.66. The smallest absolute Gasteiger partial charge is 0.282 e. The molecule has 1 aliphatic carbocycles. The van der Waals surface area contributed by atoms with Crippen molar-refractivity contribution in [2.75, 3.05) is 36.4 Å². The molecule has 1 aromatic carbocycles. The summed E-state index contributed by atoms with van der Waals surface area (Å²) in [6.07, 6.45) is 2.85. The SMILES string of the molecule is C[C@@H](C(=O)Nc1sc2c(c1C(N)=O)CCC2)[NH+]1CCN(c2ccccc2O)CC1. The number of amides is 2. The first-order valence-electron chi connectivity index (χ1n) is 10.1. The highest BCUT2D eigenvalue weighted by atomic mass is 32.1. The lowest BCUT2D eigenvalue weighted by atomic mass is 10.1. The standard InChI is InChI=1S/C21H26N4O3S/c1-13(24-9-11-25(12-10-24)15-6-2-3-7-16(15)26)20(28)23-21-18(19(22)27)14-5-4-8-17(14)29-21/h2-3,6-7,13,26H,4-5,8-12H2,1H3,(H2,22,27)(H,23,28)/p+1/t13-/m0/s1. The molecule has 1 aromatic heterocycles. The summed E-state index contributed by atoms with van der Waals surface area (Å²) in [6, 6.07) is 7.10. The molecule has 0 bridgehead atoms. The largest absolute Gasteiger partial charge is 0.506 e. The van der Waals surface area contributed by atoms with Gasteiger partial charge >= 0.3 is 0 Å². The second kappa shape index (κ2) is 8.04. The van der Waals surface area contributed by atoms with E-state index in [1.807, 2.05) is 25.1 Å². The van der Waals surface area contributed by atoms with E-state index in [-0.39, 0.29) is 17.7 Å². The van der Waals surface area contributed by atoms with Crippen molar-refractivity contribution < 1.29 is 19.6 Å². The number of benzene rings is 1. The third kappa shape index (κ3) is 3.82. The normalized spacial score (nSPS) is 17.8. The van der Waals surface area contributed by atoms with E-state index in [0.29, 0.717) is 10.6 Å². The maximum atomic E-state index is 12.9. The molecular formula is C21H27N4O3S+. The van der Waals surface area contributed by atoms with Crippen LogP contribution in [0, 0.1) is 0 Å². The van der Waals surface area contributed by atoms with Crippen LogP contribution in [0.25, 0.3) is 0 Å². The van der Waals surface area contributed by atoms with Crippen LogP contribution in [0.4, 0.5) is 10.7 Å². The number of piperazine rings is 1. The van der Waals surface area contributed by atoms with Crippen LogP contribution in [0.5, 0.6) is 5.75 Å². The molecule has 7 nitrogen and oxygen atoms in total. The van der Waals surface area contributed by atoms with Gasteiger partial charge in [0.1, 0.15) is 10.8 Å². The molecule has 2 aromatic rings. The topological polar surface area (TPSA) is 100 Å². The zero-order valence-electron chi connectivity index (χ0n) is 16.5. The zero-order valence-corrected chi connectivity index (χ0v) is 17.3. The summed E-state index contributed by atoms with van der Waals surface area (Å²) in [5, 5.41) is 13.6. The molecule has 0 spiro atoms. The second-order valence-electron chi connectivity index (χ2n) is 7.77. The van der Waals surface area contributed by atoms with Crippen molar-refractivity contribution >= 4 is 33.8 Å². The third-order valence-corrected chi connectivity index (χ3v) is 7.25. The summed E-state index contributed by atoms with van der Waals surface area (Å²) >= 11 is 1.49. The summed E-state index contributed by atoms with van der Waals surface area (Å²) in [5.41, 5.74) is 7.96. The predicted molar refractivity (Wildman–Crippen MR) is 114 cm³/mol. The molecule has 2 heterocycles. The van der Waals surface area contributed by atoms with Crippen LogP contribution in [0.1, 0.15) is 34.1 Å². The van der Waals surface area contributed by atoms with Gasteiger partial charge in [-0.05, 0) is 43.9 Å². The summed E-state index contributed by atoms with van der Waals surface area (Å²) in [6.45, 7) is 5.05. The maximum Gasteiger partial charge on any atom is 0.282 e. The third-order valence-electron chi connectivity index (χ3n) is 6.04. The summed E-state index contributed by atoms with van der Waals surface area (Å²) in [4.78, 5) is 29.3. The van der Waals surface area contributed by atoms with Gasteiger partial charge in [0.25, 0.3) is 11.8 Å². The molecular weight excluding hydrogens is 388 g/mol. The van der Waals surface area contributed by atoms with Gasteiger partial charge in [0, 0.05) is 4.88 Å². The number of carbonyl (C=O) groups is 2. The Kier molecular flexibility index (Phi) is 5.47. The Morgan fingerprint density at radius 2 is 1.97 bits per heavy atom. The monoisotopic (exact) mass is 415 g/mol. The van der Waals surface area contributed by atoms with Gasteiger partial charge in [-0.1, -0.05) is 12.1 Å². The quantitative estimate of drug-likeness (QED) is 0.580. The highest BCUT2D eigenvalue weighted by molar-refractivity contribution is 7.17. The minimum atomic E-state index is -0.462. The van der Waals surface area contributed by atoms with Crippen LogP contribution in [0.2, 0.25) is 0 Å². The number of nitrogens with two attached hydrogens (primary N) is 1. The highest BCUT2D eigenvalue weighted by Crippen LogP contribution is 2.38. The first-order valence-corrected chi connectivity index (χ1v) is 10.9. The van der Waals surface area contributed by atoms with Crippen LogP contribution >= 0.6 is 11.3 Å². The summed E-state index contributed by atoms with van der Waals surface area (Å²) in [7, 11) is 0. The molecule has 0 unspecified atom stereocenters. The molecule has 2 aliphatic rings. The number of thiophene rings is 1. The molecule has 1 fully saturated rings. The maximum absolute atomic E-state index is 12.9. The van der Waals surface area contributed by atoms with E-state index in [4.69, 9.17) is 5.73 Å². The van der Waals surface area contributed by atoms with Crippen LogP contribution in [0.15, 0.2) is 24.3 Å². The highest BCUT2D eigenvalue weighted by Gasteiger charge is 2.32. The van der Waals surface area contributed by atoms with Crippen molar-refractivity contribution in [2.24, 2.45) is 5.73 Å². The predicted octanol–water partition coefficient (Wildman–Crippen LogP) is 0.773. The van der Waals surface area contributed by atoms with E-state index in [0.717, 1.165) is 56.7 Å². The number of quaternary nitrogens is 1. The van der Waals surface area contributed by atoms with Crippen molar-refractivity contribution in [3.63, 3.8) is 0 Å². The van der Waals surface area contributed by atoms with Crippen LogP contribution in [0.3, 0.4) is 0 Å². The molecule has 154 valence electrons. The number of phenolic OH excluding ortho intramolecular Hbond substituents is 1. The molecule has 29 heavy (non-hydrogen) atoms. The lowest BCUT2D eigenvalue weighted by Crippen LogP contribution is -3.19. The summed E-state index contributed by atoms with van der Waals surface area (Å²) < 4.78 is 0. The molecule has 0 radical (unpaired) electrons. The van der Waals surface area contributed by atoms with Crippen molar-refractivity contribution in [1.82, 2.24) is 0 Å². The van der Waals surface area contributed by atoms with E-state index < -0.39 is 5.91 Å². The number of nitrogens with one attached hydrogen (secondary N) is 2. The van der Waals surface area contributed by atoms with Gasteiger partial charge in [-0.3, -0.25) is 9.59 Å². The van der Waals surface area contributed by atoms with E-state index in [1.165, 1.54) is 21.1 Å². The number of aromatic hydroxyl groups is 1. The Labute approximate surface area is 174 Å². The van der Waals surface area contributed by atoms with Crippen LogP contribution in [-0.2, 0) is 17.6 Å². The van der Waals surface area contributed by atoms with E-state index in [1.54, 1.807) is 6.07 Å². The van der Waals surface area contributed by atoms with E-state index in [9.17, 15) is 14.7 Å². The minimum absolute atomic E-state index is 0.0848. The molecule has 1 saturated heterocycles. The van der Waals surface area contributed by atoms with Gasteiger partial charge in [-0.25, -0.2) is 0 Å². The fourth-order valence-electron chi connectivity index (χ4n) is 4.36. The number of aryl methyl sites for hydroxylation is 1. The van der Waals surface area contributed by atoms with E-state index in [2.05, 4.69) is 10.2 Å². The van der Waals surface area contributed by atoms with Gasteiger partial charge in [0.05, 0.1) is 37.4 Å². The van der Waals surface area contributed by atoms with Gasteiger partial charge in [-0.15, -0.1) is 11.3 Å². The number of rotatable bonds is 5. The molecule has 5 N–H and O–H groups in total. The molecule has 1 atom stereocenters.